The van der Waals surface area contributed by atoms with Gasteiger partial charge in [0.1, 0.15) is 6.10 Å². The van der Waals surface area contributed by atoms with Gasteiger partial charge < -0.3 is 9.84 Å². The van der Waals surface area contributed by atoms with Crippen molar-refractivity contribution in [2.75, 3.05) is 0 Å². The Labute approximate surface area is 208 Å². The lowest BCUT2D eigenvalue weighted by Gasteiger charge is -2.44. The number of alkyl halides is 3. The summed E-state index contributed by atoms with van der Waals surface area (Å²) in [6.45, 7) is 12.7. The first-order valence-electron chi connectivity index (χ1n) is 13.3. The van der Waals surface area contributed by atoms with Gasteiger partial charge in [-0.1, -0.05) is 56.6 Å². The molecule has 35 heavy (non-hydrogen) atoms. The largest absolute Gasteiger partial charge is 0.490 e. The Balaban J connectivity index is 1.68. The van der Waals surface area contributed by atoms with E-state index in [0.717, 1.165) is 43.3 Å². The molecule has 0 aromatic rings. The molecule has 3 aliphatic carbocycles. The van der Waals surface area contributed by atoms with Crippen molar-refractivity contribution in [1.29, 1.82) is 0 Å². The molecule has 0 amide bonds. The van der Waals surface area contributed by atoms with E-state index in [0.29, 0.717) is 30.6 Å². The molecule has 3 aliphatic rings. The Morgan fingerprint density at radius 3 is 2.60 bits per heavy atom. The van der Waals surface area contributed by atoms with E-state index in [4.69, 9.17) is 4.74 Å². The van der Waals surface area contributed by atoms with Gasteiger partial charge in [0.05, 0.1) is 5.60 Å². The highest BCUT2D eigenvalue weighted by molar-refractivity contribution is 5.75. The number of carbonyl (C=O) groups excluding carboxylic acids is 1. The van der Waals surface area contributed by atoms with Crippen LogP contribution in [0, 0.1) is 23.2 Å². The standard InChI is InChI=1S/C29H43F3O3/c1-19-10-13-23(35-26(33)29(30,31)32)18-22(19)12-11-21-9-7-17-28(5)24(14-15-25(21)28)20(2)8-6-16-27(3,4)34/h11-12,20,23-25,34H,1,6-10,13-18H2,2-5H3/t20-,23+,24-,25?,28-/m1/s1. The zero-order valence-corrected chi connectivity index (χ0v) is 21.8. The van der Waals surface area contributed by atoms with Crippen molar-refractivity contribution >= 4 is 5.97 Å². The number of ether oxygens (including phenoxy) is 1. The van der Waals surface area contributed by atoms with Gasteiger partial charge in [-0.15, -0.1) is 0 Å². The molecule has 3 nitrogen and oxygen atoms in total. The van der Waals surface area contributed by atoms with Crippen LogP contribution in [0.4, 0.5) is 13.2 Å². The van der Waals surface area contributed by atoms with Gasteiger partial charge in [-0.25, -0.2) is 4.79 Å². The molecule has 0 aromatic carbocycles. The molecule has 3 saturated carbocycles. The van der Waals surface area contributed by atoms with E-state index in [2.05, 4.69) is 26.5 Å². The molecule has 198 valence electrons. The van der Waals surface area contributed by atoms with Gasteiger partial charge in [-0.2, -0.15) is 13.2 Å². The Morgan fingerprint density at radius 1 is 1.23 bits per heavy atom. The van der Waals surface area contributed by atoms with E-state index in [1.54, 1.807) is 0 Å². The average molecular weight is 497 g/mol. The number of carbonyl (C=O) groups is 1. The van der Waals surface area contributed by atoms with Crippen LogP contribution < -0.4 is 0 Å². The van der Waals surface area contributed by atoms with Crippen LogP contribution in [0.25, 0.3) is 0 Å². The molecule has 6 heteroatoms. The number of aliphatic hydroxyl groups is 1. The fourth-order valence-electron chi connectivity index (χ4n) is 6.97. The van der Waals surface area contributed by atoms with Crippen molar-refractivity contribution in [2.45, 2.75) is 116 Å². The second-order valence-electron chi connectivity index (χ2n) is 12.1. The van der Waals surface area contributed by atoms with Gasteiger partial charge in [-0.05, 0) is 94.0 Å². The summed E-state index contributed by atoms with van der Waals surface area (Å²) in [5, 5.41) is 10.1. The van der Waals surface area contributed by atoms with Crippen LogP contribution in [0.15, 0.2) is 35.5 Å². The summed E-state index contributed by atoms with van der Waals surface area (Å²) in [4.78, 5) is 11.3. The number of allylic oxidation sites excluding steroid dienone is 4. The van der Waals surface area contributed by atoms with Crippen molar-refractivity contribution in [1.82, 2.24) is 0 Å². The van der Waals surface area contributed by atoms with Gasteiger partial charge in [-0.3, -0.25) is 0 Å². The fourth-order valence-corrected chi connectivity index (χ4v) is 6.97. The van der Waals surface area contributed by atoms with Crippen molar-refractivity contribution in [2.24, 2.45) is 23.2 Å². The minimum absolute atomic E-state index is 0.269. The third-order valence-electron chi connectivity index (χ3n) is 8.85. The van der Waals surface area contributed by atoms with Crippen molar-refractivity contribution in [3.05, 3.63) is 35.5 Å². The number of hydrogen-bond donors (Lipinski definition) is 1. The number of halogens is 3. The van der Waals surface area contributed by atoms with Gasteiger partial charge in [0.2, 0.25) is 0 Å². The van der Waals surface area contributed by atoms with Crippen molar-refractivity contribution in [3.8, 4) is 0 Å². The number of fused-ring (bicyclic) bond motifs is 1. The van der Waals surface area contributed by atoms with E-state index in [1.807, 2.05) is 19.9 Å². The molecule has 1 unspecified atom stereocenters. The highest BCUT2D eigenvalue weighted by atomic mass is 19.4. The van der Waals surface area contributed by atoms with Crippen LogP contribution in [-0.4, -0.2) is 29.0 Å². The third kappa shape index (κ3) is 7.02. The summed E-state index contributed by atoms with van der Waals surface area (Å²) in [5.74, 6) is -0.288. The monoisotopic (exact) mass is 496 g/mol. The van der Waals surface area contributed by atoms with Crippen LogP contribution in [0.5, 0.6) is 0 Å². The average Bonchev–Trinajstić information content (AvgIpc) is 3.10. The van der Waals surface area contributed by atoms with Crippen molar-refractivity contribution in [3.63, 3.8) is 0 Å². The molecule has 0 spiro atoms. The highest BCUT2D eigenvalue weighted by Gasteiger charge is 2.50. The summed E-state index contributed by atoms with van der Waals surface area (Å²) < 4.78 is 42.6. The molecule has 0 aliphatic heterocycles. The smallest absolute Gasteiger partial charge is 0.455 e. The second-order valence-corrected chi connectivity index (χ2v) is 12.1. The Hall–Kier alpha value is -1.56. The number of rotatable bonds is 7. The normalized spacial score (nSPS) is 33.1. The molecule has 0 radical (unpaired) electrons. The topological polar surface area (TPSA) is 46.5 Å². The van der Waals surface area contributed by atoms with Gasteiger partial charge in [0.25, 0.3) is 0 Å². The maximum atomic E-state index is 12.6. The van der Waals surface area contributed by atoms with Crippen LogP contribution in [0.3, 0.4) is 0 Å². The van der Waals surface area contributed by atoms with E-state index >= 15 is 0 Å². The van der Waals surface area contributed by atoms with Crippen LogP contribution >= 0.6 is 0 Å². The third-order valence-corrected chi connectivity index (χ3v) is 8.85. The first-order valence-corrected chi connectivity index (χ1v) is 13.3. The molecule has 0 aromatic heterocycles. The SMILES string of the molecule is C=C1CC[C@H](OC(=O)C(F)(F)F)CC1=CC=C1CCC[C@@]2(C)C1CC[C@@H]2[C@H](C)CCCC(C)(C)O. The molecule has 5 atom stereocenters. The predicted octanol–water partition coefficient (Wildman–Crippen LogP) is 7.85. The van der Waals surface area contributed by atoms with Gasteiger partial charge >= 0.3 is 12.1 Å². The summed E-state index contributed by atoms with van der Waals surface area (Å²) in [5.41, 5.74) is 2.92. The van der Waals surface area contributed by atoms with E-state index in [-0.39, 0.29) is 11.8 Å². The minimum atomic E-state index is -4.96. The Bertz CT molecular complexity index is 848. The summed E-state index contributed by atoms with van der Waals surface area (Å²) in [6, 6.07) is 0. The van der Waals surface area contributed by atoms with Crippen LogP contribution in [-0.2, 0) is 9.53 Å². The number of esters is 1. The second kappa shape index (κ2) is 10.8. The Morgan fingerprint density at radius 2 is 1.94 bits per heavy atom. The van der Waals surface area contributed by atoms with E-state index in [1.165, 1.54) is 24.8 Å². The fraction of sp³-hybridized carbons (Fsp3) is 0.759. The van der Waals surface area contributed by atoms with E-state index < -0.39 is 23.9 Å². The Kier molecular flexibility index (Phi) is 8.66. The molecule has 0 bridgehead atoms. The zero-order valence-electron chi connectivity index (χ0n) is 21.8. The van der Waals surface area contributed by atoms with E-state index in [9.17, 15) is 23.1 Å². The molecule has 3 rings (SSSR count). The molecule has 0 heterocycles. The molecular formula is C29H43F3O3. The lowest BCUT2D eigenvalue weighted by molar-refractivity contribution is -0.205. The first kappa shape index (κ1) is 28.0. The van der Waals surface area contributed by atoms with Crippen LogP contribution in [0.2, 0.25) is 0 Å². The van der Waals surface area contributed by atoms with Gasteiger partial charge in [0.15, 0.2) is 0 Å². The lowest BCUT2D eigenvalue weighted by atomic mass is 9.60. The van der Waals surface area contributed by atoms with Crippen molar-refractivity contribution < 1.29 is 27.8 Å². The molecule has 1 N–H and O–H groups in total. The zero-order chi connectivity index (χ0) is 26.0. The predicted molar refractivity (Wildman–Crippen MR) is 133 cm³/mol. The quantitative estimate of drug-likeness (QED) is 0.365. The van der Waals surface area contributed by atoms with Crippen LogP contribution in [0.1, 0.15) is 98.3 Å². The maximum absolute atomic E-state index is 12.6. The summed E-state index contributed by atoms with van der Waals surface area (Å²) in [7, 11) is 0. The first-order chi connectivity index (χ1) is 16.2. The summed E-state index contributed by atoms with van der Waals surface area (Å²) in [6.07, 6.45) is 8.55. The van der Waals surface area contributed by atoms with Gasteiger partial charge in [0, 0.05) is 6.42 Å². The summed E-state index contributed by atoms with van der Waals surface area (Å²) >= 11 is 0. The lowest BCUT2D eigenvalue weighted by Crippen LogP contribution is -2.36. The molecule has 0 saturated heterocycles. The number of hydrogen-bond acceptors (Lipinski definition) is 3. The minimum Gasteiger partial charge on any atom is -0.455 e. The molecular weight excluding hydrogens is 453 g/mol. The maximum Gasteiger partial charge on any atom is 0.490 e. The highest BCUT2D eigenvalue weighted by Crippen LogP contribution is 2.60. The molecule has 3 fully saturated rings.